The van der Waals surface area contributed by atoms with Gasteiger partial charge >= 0.3 is 0 Å². The molecule has 62 valence electrons. The molecule has 2 nitrogen and oxygen atoms in total. The van der Waals surface area contributed by atoms with Gasteiger partial charge in [-0.15, -0.1) is 0 Å². The summed E-state index contributed by atoms with van der Waals surface area (Å²) in [4.78, 5) is 3.12. The third kappa shape index (κ3) is 1.08. The van der Waals surface area contributed by atoms with Gasteiger partial charge < -0.3 is 10.7 Å². The van der Waals surface area contributed by atoms with Crippen LogP contribution < -0.4 is 5.73 Å². The molecule has 0 aliphatic rings. The Bertz CT molecular complexity index is 431. The lowest BCUT2D eigenvalue weighted by Crippen LogP contribution is -1.83. The van der Waals surface area contributed by atoms with Crippen molar-refractivity contribution in [1.82, 2.24) is 4.98 Å². The highest BCUT2D eigenvalue weighted by Crippen LogP contribution is 2.25. The summed E-state index contributed by atoms with van der Waals surface area (Å²) >= 11 is 2.30. The molecule has 2 aromatic rings. The van der Waals surface area contributed by atoms with Gasteiger partial charge in [-0.1, -0.05) is 0 Å². The Morgan fingerprint density at radius 1 is 1.33 bits per heavy atom. The van der Waals surface area contributed by atoms with E-state index in [1.165, 1.54) is 8.96 Å². The quantitative estimate of drug-likeness (QED) is 0.711. The summed E-state index contributed by atoms with van der Waals surface area (Å²) in [6, 6.07) is 6.25. The first-order chi connectivity index (χ1) is 5.68. The highest BCUT2D eigenvalue weighted by molar-refractivity contribution is 14.1. The van der Waals surface area contributed by atoms with Gasteiger partial charge in [-0.2, -0.15) is 0 Å². The highest BCUT2D eigenvalue weighted by Gasteiger charge is 2.03. The van der Waals surface area contributed by atoms with Crippen molar-refractivity contribution in [3.63, 3.8) is 0 Å². The average Bonchev–Trinajstić information content (AvgIpc) is 2.28. The topological polar surface area (TPSA) is 41.8 Å². The zero-order valence-corrected chi connectivity index (χ0v) is 8.84. The van der Waals surface area contributed by atoms with E-state index in [0.29, 0.717) is 0 Å². The lowest BCUT2D eigenvalue weighted by molar-refractivity contribution is 1.29. The van der Waals surface area contributed by atoms with E-state index in [4.69, 9.17) is 5.73 Å². The summed E-state index contributed by atoms with van der Waals surface area (Å²) in [7, 11) is 0. The van der Waals surface area contributed by atoms with Gasteiger partial charge in [0.2, 0.25) is 0 Å². The molecule has 0 unspecified atom stereocenters. The van der Waals surface area contributed by atoms with Gasteiger partial charge in [0.1, 0.15) is 5.82 Å². The molecule has 0 aliphatic heterocycles. The number of aromatic nitrogens is 1. The second kappa shape index (κ2) is 2.65. The predicted octanol–water partition coefficient (Wildman–Crippen LogP) is 2.66. The molecule has 0 amide bonds. The second-order valence-electron chi connectivity index (χ2n) is 2.85. The third-order valence-electron chi connectivity index (χ3n) is 2.00. The Morgan fingerprint density at radius 3 is 2.83 bits per heavy atom. The Labute approximate surface area is 84.3 Å². The fourth-order valence-corrected chi connectivity index (χ4v) is 1.89. The van der Waals surface area contributed by atoms with E-state index < -0.39 is 0 Å². The number of rotatable bonds is 0. The molecule has 0 saturated carbocycles. The number of hydrogen-bond donors (Lipinski definition) is 2. The summed E-state index contributed by atoms with van der Waals surface area (Å²) in [5.74, 6) is 0.763. The van der Waals surface area contributed by atoms with Crippen LogP contribution in [0.5, 0.6) is 0 Å². The molecule has 12 heavy (non-hydrogen) atoms. The van der Waals surface area contributed by atoms with Crippen molar-refractivity contribution in [2.75, 3.05) is 5.73 Å². The largest absolute Gasteiger partial charge is 0.385 e. The molecule has 2 rings (SSSR count). The van der Waals surface area contributed by atoms with Crippen LogP contribution in [0.1, 0.15) is 5.69 Å². The second-order valence-corrected chi connectivity index (χ2v) is 4.10. The van der Waals surface area contributed by atoms with Gasteiger partial charge in [0, 0.05) is 20.0 Å². The monoisotopic (exact) mass is 272 g/mol. The molecule has 0 spiro atoms. The van der Waals surface area contributed by atoms with Crippen molar-refractivity contribution >= 4 is 39.2 Å². The van der Waals surface area contributed by atoms with Gasteiger partial charge in [-0.25, -0.2) is 0 Å². The number of benzene rings is 1. The standard InChI is InChI=1S/C9H9IN2/c1-5-8-4-6(10)2-3-7(8)9(11)12-5/h2-4,12H,11H2,1H3. The number of H-pyrrole nitrogens is 1. The fraction of sp³-hybridized carbons (Fsp3) is 0.111. The van der Waals surface area contributed by atoms with E-state index >= 15 is 0 Å². The van der Waals surface area contributed by atoms with Crippen LogP contribution in [0.25, 0.3) is 10.8 Å². The Kier molecular flexibility index (Phi) is 1.75. The minimum Gasteiger partial charge on any atom is -0.385 e. The first kappa shape index (κ1) is 7.91. The van der Waals surface area contributed by atoms with Crippen molar-refractivity contribution in [2.45, 2.75) is 6.92 Å². The smallest absolute Gasteiger partial charge is 0.108 e. The molecular formula is C9H9IN2. The van der Waals surface area contributed by atoms with E-state index in [0.717, 1.165) is 16.9 Å². The molecule has 3 N–H and O–H groups in total. The number of halogens is 1. The number of nitrogen functional groups attached to an aromatic ring is 1. The van der Waals surface area contributed by atoms with Crippen LogP contribution in [-0.4, -0.2) is 4.98 Å². The molecule has 0 radical (unpaired) electrons. The van der Waals surface area contributed by atoms with Crippen molar-refractivity contribution in [2.24, 2.45) is 0 Å². The fourth-order valence-electron chi connectivity index (χ4n) is 1.40. The molecule has 0 bridgehead atoms. The zero-order valence-electron chi connectivity index (χ0n) is 6.69. The average molecular weight is 272 g/mol. The van der Waals surface area contributed by atoms with E-state index in [1.54, 1.807) is 0 Å². The zero-order chi connectivity index (χ0) is 8.72. The Morgan fingerprint density at radius 2 is 2.08 bits per heavy atom. The van der Waals surface area contributed by atoms with Crippen LogP contribution >= 0.6 is 22.6 Å². The lowest BCUT2D eigenvalue weighted by atomic mass is 10.2. The summed E-state index contributed by atoms with van der Waals surface area (Å²) in [5.41, 5.74) is 6.91. The molecule has 1 aromatic carbocycles. The van der Waals surface area contributed by atoms with E-state index in [2.05, 4.69) is 45.8 Å². The number of nitrogens with one attached hydrogen (secondary N) is 1. The van der Waals surface area contributed by atoms with Crippen LogP contribution in [0.2, 0.25) is 0 Å². The SMILES string of the molecule is Cc1[nH]c(N)c2ccc(I)cc12. The first-order valence-electron chi connectivity index (χ1n) is 3.72. The Hall–Kier alpha value is -0.710. The molecule has 0 saturated heterocycles. The normalized spacial score (nSPS) is 10.8. The van der Waals surface area contributed by atoms with Crippen molar-refractivity contribution in [1.29, 1.82) is 0 Å². The van der Waals surface area contributed by atoms with Crippen LogP contribution in [0.4, 0.5) is 5.82 Å². The van der Waals surface area contributed by atoms with Crippen molar-refractivity contribution < 1.29 is 0 Å². The molecule has 0 aliphatic carbocycles. The van der Waals surface area contributed by atoms with Gasteiger partial charge in [0.15, 0.2) is 0 Å². The minimum atomic E-state index is 0.763. The van der Waals surface area contributed by atoms with Gasteiger partial charge in [0.25, 0.3) is 0 Å². The molecular weight excluding hydrogens is 263 g/mol. The maximum atomic E-state index is 5.77. The number of aryl methyl sites for hydroxylation is 1. The van der Waals surface area contributed by atoms with E-state index in [-0.39, 0.29) is 0 Å². The molecule has 0 atom stereocenters. The number of aromatic amines is 1. The van der Waals surface area contributed by atoms with Gasteiger partial charge in [-0.3, -0.25) is 0 Å². The summed E-state index contributed by atoms with van der Waals surface area (Å²) in [6.07, 6.45) is 0. The molecule has 1 heterocycles. The Balaban J connectivity index is 2.90. The molecule has 1 aromatic heterocycles. The van der Waals surface area contributed by atoms with Crippen molar-refractivity contribution in [3.8, 4) is 0 Å². The maximum absolute atomic E-state index is 5.77. The van der Waals surface area contributed by atoms with Crippen LogP contribution in [0.3, 0.4) is 0 Å². The third-order valence-corrected chi connectivity index (χ3v) is 2.67. The highest BCUT2D eigenvalue weighted by atomic mass is 127. The number of hydrogen-bond acceptors (Lipinski definition) is 1. The summed E-state index contributed by atoms with van der Waals surface area (Å²) in [5, 5.41) is 2.34. The number of anilines is 1. The number of nitrogens with two attached hydrogens (primary N) is 1. The van der Waals surface area contributed by atoms with Crippen molar-refractivity contribution in [3.05, 3.63) is 27.5 Å². The summed E-state index contributed by atoms with van der Waals surface area (Å²) in [6.45, 7) is 2.04. The van der Waals surface area contributed by atoms with E-state index in [1.807, 2.05) is 6.92 Å². The minimum absolute atomic E-state index is 0.763. The van der Waals surface area contributed by atoms with Crippen LogP contribution in [-0.2, 0) is 0 Å². The van der Waals surface area contributed by atoms with Crippen LogP contribution in [0.15, 0.2) is 18.2 Å². The molecule has 0 fully saturated rings. The molecule has 3 heteroatoms. The summed E-state index contributed by atoms with van der Waals surface area (Å²) < 4.78 is 1.24. The van der Waals surface area contributed by atoms with Gasteiger partial charge in [0.05, 0.1) is 0 Å². The van der Waals surface area contributed by atoms with Gasteiger partial charge in [-0.05, 0) is 47.7 Å². The predicted molar refractivity (Wildman–Crippen MR) is 60.2 cm³/mol. The lowest BCUT2D eigenvalue weighted by Gasteiger charge is -1.92. The maximum Gasteiger partial charge on any atom is 0.108 e. The number of fused-ring (bicyclic) bond motifs is 1. The van der Waals surface area contributed by atoms with E-state index in [9.17, 15) is 0 Å². The van der Waals surface area contributed by atoms with Crippen LogP contribution in [0, 0.1) is 10.5 Å². The first-order valence-corrected chi connectivity index (χ1v) is 4.79.